The van der Waals surface area contributed by atoms with Crippen LogP contribution in [0.5, 0.6) is 5.75 Å². The zero-order valence-electron chi connectivity index (χ0n) is 5.40. The summed E-state index contributed by atoms with van der Waals surface area (Å²) in [6.45, 7) is 1.37. The molecule has 1 aromatic rings. The van der Waals surface area contributed by atoms with Crippen LogP contribution in [-0.2, 0) is 0 Å². The van der Waals surface area contributed by atoms with Gasteiger partial charge in [0.2, 0.25) is 0 Å². The zero-order valence-corrected chi connectivity index (χ0v) is 5.40. The minimum Gasteiger partial charge on any atom is -0.505 e. The van der Waals surface area contributed by atoms with Gasteiger partial charge in [0.1, 0.15) is 0 Å². The highest BCUT2D eigenvalue weighted by Gasteiger charge is 2.00. The fourth-order valence-corrected chi connectivity index (χ4v) is 0.503. The van der Waals surface area contributed by atoms with Crippen LogP contribution >= 0.6 is 0 Å². The Morgan fingerprint density at radius 3 is 2.40 bits per heavy atom. The van der Waals surface area contributed by atoms with Crippen LogP contribution in [0.25, 0.3) is 0 Å². The van der Waals surface area contributed by atoms with E-state index in [2.05, 4.69) is 9.97 Å². The van der Waals surface area contributed by atoms with Crippen LogP contribution < -0.4 is 0 Å². The van der Waals surface area contributed by atoms with Crippen LogP contribution in [0.3, 0.4) is 0 Å². The van der Waals surface area contributed by atoms with Gasteiger partial charge in [0, 0.05) is 6.92 Å². The number of ketones is 1. The smallest absolute Gasteiger partial charge is 0.196 e. The van der Waals surface area contributed by atoms with E-state index in [-0.39, 0.29) is 17.4 Å². The molecule has 1 aromatic heterocycles. The molecule has 0 spiro atoms. The van der Waals surface area contributed by atoms with Crippen molar-refractivity contribution in [3.05, 3.63) is 18.2 Å². The summed E-state index contributed by atoms with van der Waals surface area (Å²) in [5, 5.41) is 8.70. The van der Waals surface area contributed by atoms with Crippen molar-refractivity contribution in [2.45, 2.75) is 6.92 Å². The minimum atomic E-state index is -0.208. The number of aromatic nitrogens is 2. The van der Waals surface area contributed by atoms with Gasteiger partial charge in [0.25, 0.3) is 0 Å². The molecule has 0 bridgehead atoms. The Morgan fingerprint density at radius 2 is 2.00 bits per heavy atom. The molecular formula is C6H6N2O2. The van der Waals surface area contributed by atoms with Crippen molar-refractivity contribution in [3.8, 4) is 5.75 Å². The fourth-order valence-electron chi connectivity index (χ4n) is 0.503. The number of hydrogen-bond donors (Lipinski definition) is 1. The van der Waals surface area contributed by atoms with E-state index >= 15 is 0 Å². The monoisotopic (exact) mass is 138 g/mol. The molecule has 10 heavy (non-hydrogen) atoms. The number of Topliss-reactive ketones (excluding diaryl/α,β-unsaturated/α-hetero) is 1. The summed E-state index contributed by atoms with van der Waals surface area (Å²) in [4.78, 5) is 17.7. The fraction of sp³-hybridized carbons (Fsp3) is 0.167. The van der Waals surface area contributed by atoms with Gasteiger partial charge in [-0.1, -0.05) is 0 Å². The average Bonchev–Trinajstić information content (AvgIpc) is 1.88. The molecule has 0 aliphatic rings. The standard InChI is InChI=1S/C6H6N2O2/c1-4(9)6-7-2-5(10)3-8-6/h2-3,10H,1H3. The van der Waals surface area contributed by atoms with Gasteiger partial charge in [0.15, 0.2) is 17.4 Å². The van der Waals surface area contributed by atoms with E-state index < -0.39 is 0 Å². The highest BCUT2D eigenvalue weighted by atomic mass is 16.3. The van der Waals surface area contributed by atoms with Crippen molar-refractivity contribution in [1.29, 1.82) is 0 Å². The van der Waals surface area contributed by atoms with Crippen molar-refractivity contribution in [2.75, 3.05) is 0 Å². The number of nitrogens with zero attached hydrogens (tertiary/aromatic N) is 2. The minimum absolute atomic E-state index is 0.0370. The SMILES string of the molecule is CC(=O)c1ncc(O)cn1. The molecule has 52 valence electrons. The lowest BCUT2D eigenvalue weighted by molar-refractivity contribution is 0.100. The van der Waals surface area contributed by atoms with Gasteiger partial charge < -0.3 is 5.11 Å². The van der Waals surface area contributed by atoms with E-state index in [1.807, 2.05) is 0 Å². The molecule has 1 N–H and O–H groups in total. The second-order valence-electron chi connectivity index (χ2n) is 1.82. The van der Waals surface area contributed by atoms with Crippen LogP contribution in [0.4, 0.5) is 0 Å². The summed E-state index contributed by atoms with van der Waals surface area (Å²) in [6.07, 6.45) is 2.37. The third-order valence-electron chi connectivity index (χ3n) is 0.953. The van der Waals surface area contributed by atoms with Gasteiger partial charge in [-0.3, -0.25) is 4.79 Å². The largest absolute Gasteiger partial charge is 0.505 e. The molecule has 0 aliphatic heterocycles. The summed E-state index contributed by atoms with van der Waals surface area (Å²) in [7, 11) is 0. The summed E-state index contributed by atoms with van der Waals surface area (Å²) in [5.41, 5.74) is 0. The molecular weight excluding hydrogens is 132 g/mol. The van der Waals surface area contributed by atoms with E-state index in [1.54, 1.807) is 0 Å². The molecule has 0 saturated heterocycles. The molecule has 1 heterocycles. The van der Waals surface area contributed by atoms with Crippen molar-refractivity contribution < 1.29 is 9.90 Å². The molecule has 0 unspecified atom stereocenters. The van der Waals surface area contributed by atoms with Crippen molar-refractivity contribution in [3.63, 3.8) is 0 Å². The molecule has 0 amide bonds. The van der Waals surface area contributed by atoms with E-state index in [4.69, 9.17) is 5.11 Å². The van der Waals surface area contributed by atoms with Crippen LogP contribution in [0.2, 0.25) is 0 Å². The highest BCUT2D eigenvalue weighted by Crippen LogP contribution is 2.01. The van der Waals surface area contributed by atoms with Crippen LogP contribution in [0, 0.1) is 0 Å². The number of aromatic hydroxyl groups is 1. The van der Waals surface area contributed by atoms with Crippen LogP contribution in [0.1, 0.15) is 17.5 Å². The maximum Gasteiger partial charge on any atom is 0.196 e. The molecule has 4 heteroatoms. The molecule has 0 aliphatic carbocycles. The second-order valence-corrected chi connectivity index (χ2v) is 1.82. The number of carbonyl (C=O) groups is 1. The molecule has 0 atom stereocenters. The first-order valence-electron chi connectivity index (χ1n) is 2.72. The van der Waals surface area contributed by atoms with E-state index in [0.717, 1.165) is 0 Å². The van der Waals surface area contributed by atoms with Gasteiger partial charge in [-0.2, -0.15) is 0 Å². The summed E-state index contributed by atoms with van der Waals surface area (Å²) in [6, 6.07) is 0. The molecule has 0 fully saturated rings. The first kappa shape index (κ1) is 6.67. The Morgan fingerprint density at radius 1 is 1.50 bits per heavy atom. The first-order chi connectivity index (χ1) is 4.70. The van der Waals surface area contributed by atoms with Gasteiger partial charge in [-0.25, -0.2) is 9.97 Å². The Bertz CT molecular complexity index is 242. The van der Waals surface area contributed by atoms with Crippen molar-refractivity contribution in [1.82, 2.24) is 9.97 Å². The normalized spacial score (nSPS) is 9.30. The van der Waals surface area contributed by atoms with Gasteiger partial charge in [0.05, 0.1) is 12.4 Å². The molecule has 4 nitrogen and oxygen atoms in total. The van der Waals surface area contributed by atoms with E-state index in [1.165, 1.54) is 19.3 Å². The van der Waals surface area contributed by atoms with Crippen molar-refractivity contribution >= 4 is 5.78 Å². The zero-order chi connectivity index (χ0) is 7.56. The number of rotatable bonds is 1. The molecule has 0 saturated carbocycles. The first-order valence-corrected chi connectivity index (χ1v) is 2.72. The Labute approximate surface area is 57.6 Å². The predicted octanol–water partition coefficient (Wildman–Crippen LogP) is 0.385. The van der Waals surface area contributed by atoms with Crippen LogP contribution in [-0.4, -0.2) is 20.9 Å². The molecule has 1 rings (SSSR count). The lowest BCUT2D eigenvalue weighted by Crippen LogP contribution is -1.98. The van der Waals surface area contributed by atoms with E-state index in [9.17, 15) is 4.79 Å². The van der Waals surface area contributed by atoms with Gasteiger partial charge in [-0.15, -0.1) is 0 Å². The maximum absolute atomic E-state index is 10.6. The average molecular weight is 138 g/mol. The van der Waals surface area contributed by atoms with Crippen LogP contribution in [0.15, 0.2) is 12.4 Å². The molecule has 0 radical (unpaired) electrons. The van der Waals surface area contributed by atoms with Crippen molar-refractivity contribution in [2.24, 2.45) is 0 Å². The number of carbonyl (C=O) groups excluding carboxylic acids is 1. The maximum atomic E-state index is 10.6. The quantitative estimate of drug-likeness (QED) is 0.570. The van der Waals surface area contributed by atoms with Gasteiger partial charge >= 0.3 is 0 Å². The summed E-state index contributed by atoms with van der Waals surface area (Å²) in [5.74, 6) is -0.122. The highest BCUT2D eigenvalue weighted by molar-refractivity contribution is 5.90. The number of hydrogen-bond acceptors (Lipinski definition) is 4. The lowest BCUT2D eigenvalue weighted by Gasteiger charge is -1.91. The Kier molecular flexibility index (Phi) is 1.62. The lowest BCUT2D eigenvalue weighted by atomic mass is 10.4. The third kappa shape index (κ3) is 1.28. The third-order valence-corrected chi connectivity index (χ3v) is 0.953. The summed E-state index contributed by atoms with van der Waals surface area (Å²) >= 11 is 0. The van der Waals surface area contributed by atoms with E-state index in [0.29, 0.717) is 0 Å². The summed E-state index contributed by atoms with van der Waals surface area (Å²) < 4.78 is 0. The topological polar surface area (TPSA) is 63.1 Å². The Balaban J connectivity index is 3.00. The van der Waals surface area contributed by atoms with Gasteiger partial charge in [-0.05, 0) is 0 Å². The predicted molar refractivity (Wildman–Crippen MR) is 33.7 cm³/mol. The molecule has 0 aromatic carbocycles. The Hall–Kier alpha value is -1.45. The second kappa shape index (κ2) is 2.43.